The molecule has 2 rings (SSSR count). The van der Waals surface area contributed by atoms with E-state index in [4.69, 9.17) is 10.3 Å². The molecule has 0 spiro atoms. The Morgan fingerprint density at radius 3 is 2.86 bits per heavy atom. The lowest BCUT2D eigenvalue weighted by molar-refractivity contribution is 0.0742. The Balaban J connectivity index is 1.92. The number of benzene rings is 1. The van der Waals surface area contributed by atoms with Crippen LogP contribution < -0.4 is 0 Å². The smallest absolute Gasteiger partial charge is 0.108 e. The SMILES string of the molecule is CCC#CCOC1CN(Cc2ccccc2)C[C@H]1N=[N+]=[N-]. The molecule has 1 aliphatic rings. The number of rotatable bonds is 5. The van der Waals surface area contributed by atoms with Gasteiger partial charge in [-0.3, -0.25) is 4.90 Å². The maximum atomic E-state index is 8.69. The summed E-state index contributed by atoms with van der Waals surface area (Å²) in [5.74, 6) is 5.94. The fourth-order valence-electron chi connectivity index (χ4n) is 2.47. The molecule has 1 aliphatic heterocycles. The lowest BCUT2D eigenvalue weighted by atomic mass is 10.2. The van der Waals surface area contributed by atoms with E-state index in [1.807, 2.05) is 25.1 Å². The Hall–Kier alpha value is -1.99. The van der Waals surface area contributed by atoms with Crippen LogP contribution in [0.4, 0.5) is 0 Å². The van der Waals surface area contributed by atoms with Gasteiger partial charge in [-0.25, -0.2) is 0 Å². The summed E-state index contributed by atoms with van der Waals surface area (Å²) in [5, 5.41) is 3.86. The van der Waals surface area contributed by atoms with Gasteiger partial charge in [0.1, 0.15) is 6.61 Å². The minimum Gasteiger partial charge on any atom is -0.364 e. The van der Waals surface area contributed by atoms with E-state index in [1.165, 1.54) is 5.56 Å². The number of likely N-dealkylation sites (tertiary alicyclic amines) is 1. The molecule has 1 heterocycles. The van der Waals surface area contributed by atoms with Crippen molar-refractivity contribution in [2.24, 2.45) is 5.11 Å². The van der Waals surface area contributed by atoms with Gasteiger partial charge in [-0.2, -0.15) is 0 Å². The van der Waals surface area contributed by atoms with Crippen molar-refractivity contribution in [3.63, 3.8) is 0 Å². The Labute approximate surface area is 125 Å². The van der Waals surface area contributed by atoms with Gasteiger partial charge >= 0.3 is 0 Å². The lowest BCUT2D eigenvalue weighted by Gasteiger charge is -2.15. The van der Waals surface area contributed by atoms with Gasteiger partial charge in [0.2, 0.25) is 0 Å². The second-order valence-corrected chi connectivity index (χ2v) is 5.01. The third kappa shape index (κ3) is 4.80. The summed E-state index contributed by atoms with van der Waals surface area (Å²) in [6, 6.07) is 10.1. The Kier molecular flexibility index (Phi) is 6.11. The largest absolute Gasteiger partial charge is 0.364 e. The molecule has 1 fully saturated rings. The molecule has 1 saturated heterocycles. The molecular formula is C16H20N4O. The standard InChI is InChI=1S/C16H20N4O/c1-2-3-7-10-21-16-13-20(12-15(16)18-19-17)11-14-8-5-4-6-9-14/h4-6,8-9,15-16H,2,10-13H2,1H3/t15-,16?/m1/s1. The number of azide groups is 1. The number of nitrogens with zero attached hydrogens (tertiary/aromatic N) is 4. The first-order chi connectivity index (χ1) is 10.3. The van der Waals surface area contributed by atoms with Gasteiger partial charge in [0.05, 0.1) is 12.1 Å². The summed E-state index contributed by atoms with van der Waals surface area (Å²) in [4.78, 5) is 5.19. The molecule has 0 radical (unpaired) electrons. The zero-order valence-corrected chi connectivity index (χ0v) is 12.3. The monoisotopic (exact) mass is 284 g/mol. The molecule has 5 nitrogen and oxygen atoms in total. The minimum absolute atomic E-state index is 0.0734. The molecule has 2 atom stereocenters. The van der Waals surface area contributed by atoms with E-state index in [1.54, 1.807) is 0 Å². The van der Waals surface area contributed by atoms with Crippen LogP contribution in [0.5, 0.6) is 0 Å². The van der Waals surface area contributed by atoms with Gasteiger partial charge in [-0.1, -0.05) is 48.3 Å². The highest BCUT2D eigenvalue weighted by Gasteiger charge is 2.32. The molecule has 1 aromatic rings. The second-order valence-electron chi connectivity index (χ2n) is 5.01. The molecule has 0 aromatic heterocycles. The van der Waals surface area contributed by atoms with Crippen LogP contribution in [0.2, 0.25) is 0 Å². The van der Waals surface area contributed by atoms with Crippen molar-refractivity contribution in [1.29, 1.82) is 0 Å². The maximum Gasteiger partial charge on any atom is 0.108 e. The van der Waals surface area contributed by atoms with Crippen LogP contribution in [-0.2, 0) is 11.3 Å². The first-order valence-electron chi connectivity index (χ1n) is 7.21. The van der Waals surface area contributed by atoms with Crippen LogP contribution >= 0.6 is 0 Å². The predicted molar refractivity (Wildman–Crippen MR) is 82.5 cm³/mol. The summed E-state index contributed by atoms with van der Waals surface area (Å²) in [6.07, 6.45) is 0.754. The second kappa shape index (κ2) is 8.33. The van der Waals surface area contributed by atoms with E-state index in [-0.39, 0.29) is 12.1 Å². The highest BCUT2D eigenvalue weighted by atomic mass is 16.5. The fourth-order valence-corrected chi connectivity index (χ4v) is 2.47. The third-order valence-corrected chi connectivity index (χ3v) is 3.43. The zero-order valence-electron chi connectivity index (χ0n) is 12.3. The Bertz CT molecular complexity index is 542. The predicted octanol–water partition coefficient (Wildman–Crippen LogP) is 2.98. The molecule has 0 N–H and O–H groups in total. The van der Waals surface area contributed by atoms with Crippen molar-refractivity contribution in [3.05, 3.63) is 46.3 Å². The Morgan fingerprint density at radius 1 is 1.33 bits per heavy atom. The van der Waals surface area contributed by atoms with Crippen LogP contribution in [0.15, 0.2) is 35.4 Å². The average molecular weight is 284 g/mol. The normalized spacial score (nSPS) is 21.4. The lowest BCUT2D eigenvalue weighted by Crippen LogP contribution is -2.25. The molecule has 1 unspecified atom stereocenters. The quantitative estimate of drug-likeness (QED) is 0.361. The van der Waals surface area contributed by atoms with E-state index in [0.29, 0.717) is 6.61 Å². The molecule has 21 heavy (non-hydrogen) atoms. The van der Waals surface area contributed by atoms with Gasteiger partial charge in [0.25, 0.3) is 0 Å². The topological polar surface area (TPSA) is 61.2 Å². The van der Waals surface area contributed by atoms with Crippen molar-refractivity contribution in [2.45, 2.75) is 32.0 Å². The number of hydrogen-bond acceptors (Lipinski definition) is 3. The summed E-state index contributed by atoms with van der Waals surface area (Å²) < 4.78 is 5.76. The van der Waals surface area contributed by atoms with Gasteiger partial charge in [0.15, 0.2) is 0 Å². The highest BCUT2D eigenvalue weighted by molar-refractivity contribution is 5.15. The van der Waals surface area contributed by atoms with Crippen molar-refractivity contribution >= 4 is 0 Å². The van der Waals surface area contributed by atoms with E-state index in [0.717, 1.165) is 26.1 Å². The molecular weight excluding hydrogens is 264 g/mol. The zero-order chi connectivity index (χ0) is 14.9. The summed E-state index contributed by atoms with van der Waals surface area (Å²) >= 11 is 0. The highest BCUT2D eigenvalue weighted by Crippen LogP contribution is 2.19. The number of ether oxygens (including phenoxy) is 1. The van der Waals surface area contributed by atoms with Crippen molar-refractivity contribution < 1.29 is 4.74 Å². The summed E-state index contributed by atoms with van der Waals surface area (Å²) in [7, 11) is 0. The average Bonchev–Trinajstić information content (AvgIpc) is 2.87. The van der Waals surface area contributed by atoms with E-state index in [9.17, 15) is 0 Å². The Morgan fingerprint density at radius 2 is 2.14 bits per heavy atom. The van der Waals surface area contributed by atoms with Gasteiger partial charge < -0.3 is 4.74 Å². The third-order valence-electron chi connectivity index (χ3n) is 3.43. The minimum atomic E-state index is -0.137. The molecule has 1 aromatic carbocycles. The first-order valence-corrected chi connectivity index (χ1v) is 7.21. The van der Waals surface area contributed by atoms with Gasteiger partial charge in [-0.15, -0.1) is 5.92 Å². The van der Waals surface area contributed by atoms with Crippen molar-refractivity contribution in [1.82, 2.24) is 4.90 Å². The van der Waals surface area contributed by atoms with Crippen molar-refractivity contribution in [2.75, 3.05) is 19.7 Å². The number of hydrogen-bond donors (Lipinski definition) is 0. The molecule has 0 aliphatic carbocycles. The van der Waals surface area contributed by atoms with Gasteiger partial charge in [-0.05, 0) is 11.1 Å². The summed E-state index contributed by atoms with van der Waals surface area (Å²) in [6.45, 7) is 4.75. The van der Waals surface area contributed by atoms with E-state index < -0.39 is 0 Å². The van der Waals surface area contributed by atoms with Crippen molar-refractivity contribution in [3.8, 4) is 11.8 Å². The van der Waals surface area contributed by atoms with E-state index in [2.05, 4.69) is 38.9 Å². The molecule has 110 valence electrons. The molecule has 0 bridgehead atoms. The molecule has 0 saturated carbocycles. The van der Waals surface area contributed by atoms with Gasteiger partial charge in [0, 0.05) is 31.0 Å². The molecule has 5 heteroatoms. The van der Waals surface area contributed by atoms with E-state index >= 15 is 0 Å². The first kappa shape index (κ1) is 15.4. The van der Waals surface area contributed by atoms with Crippen LogP contribution in [0, 0.1) is 11.8 Å². The fraction of sp³-hybridized carbons (Fsp3) is 0.500. The van der Waals surface area contributed by atoms with Crippen LogP contribution in [0.25, 0.3) is 10.4 Å². The van der Waals surface area contributed by atoms with Crippen LogP contribution in [0.3, 0.4) is 0 Å². The summed E-state index contributed by atoms with van der Waals surface area (Å²) in [5.41, 5.74) is 9.94. The molecule has 0 amide bonds. The van der Waals surface area contributed by atoms with Crippen LogP contribution in [0.1, 0.15) is 18.9 Å². The maximum absolute atomic E-state index is 8.69. The van der Waals surface area contributed by atoms with Crippen LogP contribution in [-0.4, -0.2) is 36.7 Å².